The van der Waals surface area contributed by atoms with Gasteiger partial charge in [-0.25, -0.2) is 0 Å². The number of hydrogen-bond donors (Lipinski definition) is 3. The van der Waals surface area contributed by atoms with Gasteiger partial charge >= 0.3 is 0 Å². The van der Waals surface area contributed by atoms with E-state index in [0.717, 1.165) is 0 Å². The maximum Gasteiger partial charge on any atom is 0.251 e. The van der Waals surface area contributed by atoms with Gasteiger partial charge in [0.1, 0.15) is 0 Å². The number of nitrogen functional groups attached to an aromatic ring is 2. The summed E-state index contributed by atoms with van der Waals surface area (Å²) < 4.78 is 11.2. The average Bonchev–Trinajstić information content (AvgIpc) is 2.27. The minimum Gasteiger partial charge on any atom is -0.399 e. The molecule has 0 radical (unpaired) electrons. The van der Waals surface area contributed by atoms with Gasteiger partial charge in [0.25, 0.3) is 5.91 Å². The summed E-state index contributed by atoms with van der Waals surface area (Å²) >= 11 is 0. The number of hydrogen-bond acceptors (Lipinski definition) is 4. The van der Waals surface area contributed by atoms with Gasteiger partial charge in [0.2, 0.25) is 0 Å². The maximum atomic E-state index is 11.7. The van der Waals surface area contributed by atoms with Crippen LogP contribution in [0.5, 0.6) is 0 Å². The van der Waals surface area contributed by atoms with Crippen LogP contribution in [0.15, 0.2) is 18.2 Å². The molecule has 5 nitrogen and oxygen atoms in total. The highest BCUT2D eigenvalue weighted by atomic mass is 32.2. The minimum atomic E-state index is -0.873. The Bertz CT molecular complexity index is 414. The second-order valence-electron chi connectivity index (χ2n) is 3.58. The molecule has 0 aromatic heterocycles. The Morgan fingerprint density at radius 2 is 1.88 bits per heavy atom. The monoisotopic (exact) mass is 255 g/mol. The molecule has 0 bridgehead atoms. The molecule has 6 heteroatoms. The summed E-state index contributed by atoms with van der Waals surface area (Å²) in [6.07, 6.45) is 0. The third kappa shape index (κ3) is 4.44. The largest absolute Gasteiger partial charge is 0.399 e. The topological polar surface area (TPSA) is 98.2 Å². The molecule has 0 saturated heterocycles. The lowest BCUT2D eigenvalue weighted by atomic mass is 10.1. The Balaban J connectivity index is 2.55. The van der Waals surface area contributed by atoms with Gasteiger partial charge < -0.3 is 16.8 Å². The fourth-order valence-electron chi connectivity index (χ4n) is 1.33. The van der Waals surface area contributed by atoms with Crippen LogP contribution in [0.3, 0.4) is 0 Å². The van der Waals surface area contributed by atoms with Gasteiger partial charge in [-0.2, -0.15) is 0 Å². The molecule has 17 heavy (non-hydrogen) atoms. The molecular formula is C11H17N3O2S. The molecule has 1 atom stereocenters. The molecule has 0 saturated carbocycles. The molecule has 5 N–H and O–H groups in total. The van der Waals surface area contributed by atoms with Crippen LogP contribution in [0.4, 0.5) is 11.4 Å². The molecule has 1 amide bonds. The van der Waals surface area contributed by atoms with Gasteiger partial charge in [0, 0.05) is 45.8 Å². The zero-order valence-corrected chi connectivity index (χ0v) is 10.5. The fraction of sp³-hybridized carbons (Fsp3) is 0.364. The highest BCUT2D eigenvalue weighted by molar-refractivity contribution is 7.84. The van der Waals surface area contributed by atoms with E-state index >= 15 is 0 Å². The van der Waals surface area contributed by atoms with Crippen LogP contribution >= 0.6 is 0 Å². The number of carbonyl (C=O) groups is 1. The molecule has 1 unspecified atom stereocenters. The zero-order valence-electron chi connectivity index (χ0n) is 9.73. The van der Waals surface area contributed by atoms with Crippen LogP contribution in [0.25, 0.3) is 0 Å². The number of carbonyl (C=O) groups excluding carboxylic acids is 1. The van der Waals surface area contributed by atoms with Gasteiger partial charge in [-0.1, -0.05) is 6.92 Å². The van der Waals surface area contributed by atoms with E-state index in [9.17, 15) is 9.00 Å². The molecule has 94 valence electrons. The number of rotatable bonds is 5. The molecule has 1 aromatic rings. The Labute approximate surface area is 103 Å². The maximum absolute atomic E-state index is 11.7. The first-order chi connectivity index (χ1) is 8.02. The summed E-state index contributed by atoms with van der Waals surface area (Å²) in [6, 6.07) is 4.70. The molecule has 0 aliphatic rings. The molecule has 0 aliphatic carbocycles. The highest BCUT2D eigenvalue weighted by Crippen LogP contribution is 2.13. The van der Waals surface area contributed by atoms with Gasteiger partial charge in [-0.3, -0.25) is 9.00 Å². The van der Waals surface area contributed by atoms with Crippen molar-refractivity contribution in [3.63, 3.8) is 0 Å². The summed E-state index contributed by atoms with van der Waals surface area (Å²) in [5.74, 6) is 0.804. The Morgan fingerprint density at radius 1 is 1.29 bits per heavy atom. The lowest BCUT2D eigenvalue weighted by Crippen LogP contribution is -2.28. The van der Waals surface area contributed by atoms with Crippen molar-refractivity contribution in [3.05, 3.63) is 23.8 Å². The van der Waals surface area contributed by atoms with Gasteiger partial charge in [0.15, 0.2) is 0 Å². The third-order valence-corrected chi connectivity index (χ3v) is 3.48. The average molecular weight is 255 g/mol. The molecule has 0 aliphatic heterocycles. The van der Waals surface area contributed by atoms with Crippen molar-refractivity contribution < 1.29 is 9.00 Å². The van der Waals surface area contributed by atoms with Crippen LogP contribution in [0.1, 0.15) is 17.3 Å². The number of benzene rings is 1. The van der Waals surface area contributed by atoms with E-state index in [0.29, 0.717) is 35.0 Å². The Morgan fingerprint density at radius 3 is 2.41 bits per heavy atom. The first-order valence-corrected chi connectivity index (χ1v) is 6.81. The first-order valence-electron chi connectivity index (χ1n) is 5.32. The molecule has 0 heterocycles. The van der Waals surface area contributed by atoms with Crippen molar-refractivity contribution in [2.24, 2.45) is 0 Å². The number of amides is 1. The van der Waals surface area contributed by atoms with Crippen molar-refractivity contribution in [2.75, 3.05) is 29.5 Å². The molecule has 1 rings (SSSR count). The predicted molar refractivity (Wildman–Crippen MR) is 71.2 cm³/mol. The molecule has 0 fully saturated rings. The van der Waals surface area contributed by atoms with Crippen LogP contribution in [-0.4, -0.2) is 28.2 Å². The summed E-state index contributed by atoms with van der Waals surface area (Å²) in [4.78, 5) is 11.7. The van der Waals surface area contributed by atoms with Crippen molar-refractivity contribution in [1.82, 2.24) is 5.32 Å². The Hall–Kier alpha value is -1.56. The predicted octanol–water partition coefficient (Wildman–Crippen LogP) is 0.349. The van der Waals surface area contributed by atoms with Crippen LogP contribution in [0, 0.1) is 0 Å². The van der Waals surface area contributed by atoms with Crippen molar-refractivity contribution in [3.8, 4) is 0 Å². The smallest absolute Gasteiger partial charge is 0.251 e. The number of anilines is 2. The molecule has 0 spiro atoms. The quantitative estimate of drug-likeness (QED) is 0.661. The van der Waals surface area contributed by atoms with Crippen molar-refractivity contribution >= 4 is 28.1 Å². The summed E-state index contributed by atoms with van der Waals surface area (Å²) in [5, 5.41) is 2.68. The van der Waals surface area contributed by atoms with E-state index in [1.54, 1.807) is 18.2 Å². The first kappa shape index (κ1) is 13.5. The number of nitrogens with one attached hydrogen (secondary N) is 1. The van der Waals surface area contributed by atoms with Crippen LogP contribution in [-0.2, 0) is 10.8 Å². The van der Waals surface area contributed by atoms with E-state index < -0.39 is 10.8 Å². The van der Waals surface area contributed by atoms with Crippen LogP contribution < -0.4 is 16.8 Å². The standard InChI is InChI=1S/C11H17N3O2S/c1-2-17(16)4-3-14-11(15)8-5-9(12)7-10(13)6-8/h5-7H,2-4,12-13H2,1H3,(H,14,15). The fourth-order valence-corrected chi connectivity index (χ4v) is 1.95. The van der Waals surface area contributed by atoms with Crippen molar-refractivity contribution in [2.45, 2.75) is 6.92 Å². The van der Waals surface area contributed by atoms with Crippen molar-refractivity contribution in [1.29, 1.82) is 0 Å². The minimum absolute atomic E-state index is 0.253. The summed E-state index contributed by atoms with van der Waals surface area (Å²) in [6.45, 7) is 2.23. The highest BCUT2D eigenvalue weighted by Gasteiger charge is 2.07. The second-order valence-corrected chi connectivity index (χ2v) is 5.44. The summed E-state index contributed by atoms with van der Waals surface area (Å²) in [5.41, 5.74) is 12.5. The van der Waals surface area contributed by atoms with Crippen LogP contribution in [0.2, 0.25) is 0 Å². The molecular weight excluding hydrogens is 238 g/mol. The van der Waals surface area contributed by atoms with E-state index in [-0.39, 0.29) is 5.91 Å². The van der Waals surface area contributed by atoms with E-state index in [2.05, 4.69) is 5.32 Å². The third-order valence-electron chi connectivity index (χ3n) is 2.18. The lowest BCUT2D eigenvalue weighted by Gasteiger charge is -2.06. The van der Waals surface area contributed by atoms with Gasteiger partial charge in [-0.05, 0) is 18.2 Å². The Kier molecular flexibility index (Phi) is 4.96. The molecule has 1 aromatic carbocycles. The zero-order chi connectivity index (χ0) is 12.8. The lowest BCUT2D eigenvalue weighted by molar-refractivity contribution is 0.0956. The van der Waals surface area contributed by atoms with Gasteiger partial charge in [-0.15, -0.1) is 0 Å². The van der Waals surface area contributed by atoms with E-state index in [1.807, 2.05) is 6.92 Å². The SMILES string of the molecule is CCS(=O)CCNC(=O)c1cc(N)cc(N)c1. The number of nitrogens with two attached hydrogens (primary N) is 2. The van der Waals surface area contributed by atoms with E-state index in [4.69, 9.17) is 11.5 Å². The normalized spacial score (nSPS) is 12.1. The van der Waals surface area contributed by atoms with Gasteiger partial charge in [0.05, 0.1) is 0 Å². The second kappa shape index (κ2) is 6.24. The van der Waals surface area contributed by atoms with E-state index in [1.165, 1.54) is 0 Å². The summed E-state index contributed by atoms with van der Waals surface area (Å²) in [7, 11) is -0.873.